The molecule has 1 heterocycles. The van der Waals surface area contributed by atoms with Gasteiger partial charge < -0.3 is 9.84 Å². The molecule has 0 amide bonds. The van der Waals surface area contributed by atoms with Crippen molar-refractivity contribution in [2.75, 3.05) is 0 Å². The Morgan fingerprint density at radius 2 is 2.22 bits per heavy atom. The lowest BCUT2D eigenvalue weighted by Gasteiger charge is -2.04. The standard InChI is InChI=1S/C12H6FNO3S/c13-9-3-7(5-14)1-2-10(9)17-8-4-11(12(15)16)18-6-8/h1-4,6H,(H,15,16). The molecule has 1 aromatic heterocycles. The summed E-state index contributed by atoms with van der Waals surface area (Å²) in [4.78, 5) is 10.8. The van der Waals surface area contributed by atoms with Gasteiger partial charge in [0, 0.05) is 11.4 Å². The van der Waals surface area contributed by atoms with Crippen molar-refractivity contribution in [1.29, 1.82) is 5.26 Å². The minimum Gasteiger partial charge on any atom is -0.477 e. The third-order valence-corrected chi connectivity index (χ3v) is 2.97. The normalized spacial score (nSPS) is 9.78. The number of benzene rings is 1. The van der Waals surface area contributed by atoms with Gasteiger partial charge in [-0.3, -0.25) is 0 Å². The summed E-state index contributed by atoms with van der Waals surface area (Å²) < 4.78 is 18.7. The lowest BCUT2D eigenvalue weighted by molar-refractivity contribution is 0.0702. The molecule has 0 aliphatic carbocycles. The van der Waals surface area contributed by atoms with Crippen LogP contribution < -0.4 is 4.74 Å². The van der Waals surface area contributed by atoms with E-state index in [0.29, 0.717) is 0 Å². The smallest absolute Gasteiger partial charge is 0.346 e. The van der Waals surface area contributed by atoms with Crippen LogP contribution in [0.2, 0.25) is 0 Å². The summed E-state index contributed by atoms with van der Waals surface area (Å²) in [6.45, 7) is 0. The van der Waals surface area contributed by atoms with E-state index in [9.17, 15) is 9.18 Å². The van der Waals surface area contributed by atoms with Crippen LogP contribution in [0.15, 0.2) is 29.6 Å². The molecule has 0 saturated carbocycles. The SMILES string of the molecule is N#Cc1ccc(Oc2csc(C(=O)O)c2)c(F)c1. The Morgan fingerprint density at radius 3 is 2.78 bits per heavy atom. The van der Waals surface area contributed by atoms with Gasteiger partial charge in [-0.15, -0.1) is 11.3 Å². The van der Waals surface area contributed by atoms with E-state index in [-0.39, 0.29) is 21.9 Å². The zero-order chi connectivity index (χ0) is 13.1. The van der Waals surface area contributed by atoms with E-state index >= 15 is 0 Å². The molecule has 0 spiro atoms. The van der Waals surface area contributed by atoms with Crippen molar-refractivity contribution in [3.63, 3.8) is 0 Å². The number of aromatic carboxylic acids is 1. The zero-order valence-electron chi connectivity index (χ0n) is 8.88. The Morgan fingerprint density at radius 1 is 1.44 bits per heavy atom. The first kappa shape index (κ1) is 12.1. The Labute approximate surface area is 105 Å². The van der Waals surface area contributed by atoms with E-state index < -0.39 is 11.8 Å². The Hall–Kier alpha value is -2.39. The second-order valence-corrected chi connectivity index (χ2v) is 4.22. The maximum Gasteiger partial charge on any atom is 0.346 e. The van der Waals surface area contributed by atoms with Crippen LogP contribution in [-0.4, -0.2) is 11.1 Å². The van der Waals surface area contributed by atoms with Gasteiger partial charge in [0.1, 0.15) is 10.6 Å². The van der Waals surface area contributed by atoms with Crippen molar-refractivity contribution >= 4 is 17.3 Å². The molecule has 90 valence electrons. The number of hydrogen-bond acceptors (Lipinski definition) is 4. The highest BCUT2D eigenvalue weighted by Gasteiger charge is 2.10. The number of carboxylic acid groups (broad SMARTS) is 1. The number of carbonyl (C=O) groups is 1. The fourth-order valence-electron chi connectivity index (χ4n) is 1.26. The first-order valence-electron chi connectivity index (χ1n) is 4.79. The summed E-state index contributed by atoms with van der Waals surface area (Å²) in [6.07, 6.45) is 0. The van der Waals surface area contributed by atoms with Crippen LogP contribution >= 0.6 is 11.3 Å². The van der Waals surface area contributed by atoms with E-state index in [4.69, 9.17) is 15.1 Å². The molecular weight excluding hydrogens is 257 g/mol. The van der Waals surface area contributed by atoms with Crippen LogP contribution in [0.25, 0.3) is 0 Å². The van der Waals surface area contributed by atoms with E-state index in [1.807, 2.05) is 0 Å². The number of halogens is 1. The quantitative estimate of drug-likeness (QED) is 0.922. The maximum absolute atomic E-state index is 13.5. The first-order chi connectivity index (χ1) is 8.60. The van der Waals surface area contributed by atoms with Crippen molar-refractivity contribution in [3.05, 3.63) is 45.9 Å². The van der Waals surface area contributed by atoms with Crippen molar-refractivity contribution in [1.82, 2.24) is 0 Å². The molecule has 1 N–H and O–H groups in total. The molecule has 0 atom stereocenters. The van der Waals surface area contributed by atoms with E-state index in [2.05, 4.69) is 0 Å². The summed E-state index contributed by atoms with van der Waals surface area (Å²) in [7, 11) is 0. The second-order valence-electron chi connectivity index (χ2n) is 3.31. The first-order valence-corrected chi connectivity index (χ1v) is 5.67. The molecule has 1 aromatic carbocycles. The Kier molecular flexibility index (Phi) is 3.26. The molecule has 2 rings (SSSR count). The highest BCUT2D eigenvalue weighted by atomic mass is 32.1. The van der Waals surface area contributed by atoms with Gasteiger partial charge in [0.25, 0.3) is 0 Å². The summed E-state index contributed by atoms with van der Waals surface area (Å²) >= 11 is 0.991. The van der Waals surface area contributed by atoms with Gasteiger partial charge in [-0.1, -0.05) is 0 Å². The second kappa shape index (κ2) is 4.85. The Balaban J connectivity index is 2.23. The van der Waals surface area contributed by atoms with Crippen LogP contribution in [0.4, 0.5) is 4.39 Å². The molecule has 0 aliphatic heterocycles. The summed E-state index contributed by atoms with van der Waals surface area (Å²) in [6, 6.07) is 6.92. The number of nitrogens with zero attached hydrogens (tertiary/aromatic N) is 1. The van der Waals surface area contributed by atoms with Crippen molar-refractivity contribution in [3.8, 4) is 17.6 Å². The van der Waals surface area contributed by atoms with E-state index in [1.54, 1.807) is 6.07 Å². The van der Waals surface area contributed by atoms with Crippen molar-refractivity contribution < 1.29 is 19.0 Å². The molecule has 0 fully saturated rings. The van der Waals surface area contributed by atoms with Gasteiger partial charge in [0.2, 0.25) is 0 Å². The average Bonchev–Trinajstić information content (AvgIpc) is 2.80. The third-order valence-electron chi connectivity index (χ3n) is 2.07. The molecule has 0 bridgehead atoms. The van der Waals surface area contributed by atoms with Gasteiger partial charge in [0.15, 0.2) is 11.6 Å². The summed E-state index contributed by atoms with van der Waals surface area (Å²) in [5, 5.41) is 18.8. The molecular formula is C12H6FNO3S. The van der Waals surface area contributed by atoms with E-state index in [0.717, 1.165) is 17.4 Å². The highest BCUT2D eigenvalue weighted by Crippen LogP contribution is 2.29. The van der Waals surface area contributed by atoms with Gasteiger partial charge >= 0.3 is 5.97 Å². The minimum atomic E-state index is -1.06. The monoisotopic (exact) mass is 263 g/mol. The molecule has 2 aromatic rings. The topological polar surface area (TPSA) is 70.3 Å². The predicted octanol–water partition coefficient (Wildman–Crippen LogP) is 3.25. The number of rotatable bonds is 3. The van der Waals surface area contributed by atoms with Gasteiger partial charge in [-0.25, -0.2) is 9.18 Å². The molecule has 0 radical (unpaired) electrons. The molecule has 18 heavy (non-hydrogen) atoms. The summed E-state index contributed by atoms with van der Waals surface area (Å²) in [5.41, 5.74) is 0.191. The van der Waals surface area contributed by atoms with Gasteiger partial charge in [-0.05, 0) is 18.2 Å². The van der Waals surface area contributed by atoms with Crippen LogP contribution in [0, 0.1) is 17.1 Å². The van der Waals surface area contributed by atoms with Crippen LogP contribution in [0.5, 0.6) is 11.5 Å². The zero-order valence-corrected chi connectivity index (χ0v) is 9.70. The average molecular weight is 263 g/mol. The molecule has 0 unspecified atom stereocenters. The van der Waals surface area contributed by atoms with Crippen LogP contribution in [-0.2, 0) is 0 Å². The van der Waals surface area contributed by atoms with Crippen molar-refractivity contribution in [2.24, 2.45) is 0 Å². The highest BCUT2D eigenvalue weighted by molar-refractivity contribution is 7.12. The number of hydrogen-bond donors (Lipinski definition) is 1. The van der Waals surface area contributed by atoms with Gasteiger partial charge in [0.05, 0.1) is 11.6 Å². The molecule has 0 saturated heterocycles. The van der Waals surface area contributed by atoms with E-state index in [1.165, 1.54) is 23.6 Å². The lowest BCUT2D eigenvalue weighted by Crippen LogP contribution is -1.91. The van der Waals surface area contributed by atoms with Crippen LogP contribution in [0.3, 0.4) is 0 Å². The largest absolute Gasteiger partial charge is 0.477 e. The number of ether oxygens (including phenoxy) is 1. The minimum absolute atomic E-state index is 0.0521. The van der Waals surface area contributed by atoms with Gasteiger partial charge in [-0.2, -0.15) is 5.26 Å². The molecule has 0 aliphatic rings. The number of nitriles is 1. The molecule has 6 heteroatoms. The van der Waals surface area contributed by atoms with Crippen molar-refractivity contribution in [2.45, 2.75) is 0 Å². The summed E-state index contributed by atoms with van der Waals surface area (Å²) in [5.74, 6) is -1.53. The lowest BCUT2D eigenvalue weighted by atomic mass is 10.2. The maximum atomic E-state index is 13.5. The Bertz CT molecular complexity index is 645. The van der Waals surface area contributed by atoms with Crippen LogP contribution in [0.1, 0.15) is 15.2 Å². The third kappa shape index (κ3) is 2.47. The fourth-order valence-corrected chi connectivity index (χ4v) is 1.91. The predicted molar refractivity (Wildman–Crippen MR) is 62.5 cm³/mol. The molecule has 4 nitrogen and oxygen atoms in total. The fraction of sp³-hybridized carbons (Fsp3) is 0. The number of thiophene rings is 1. The number of carboxylic acids is 1.